The fourth-order valence-electron chi connectivity index (χ4n) is 5.20. The highest BCUT2D eigenvalue weighted by atomic mass is 16.3. The maximum absolute atomic E-state index is 9.43. The standard InChI is InChI=1S/C32H16N4O/c1-34-20-11-13-36-28(15-20)26-17-30-32(24-9-5-3-7-22(24)26)31-23-8-4-2-6-21(23)25(16-29(31)37-30)27-14-19(18-33)10-12-35-27/h2-17H. The van der Waals surface area contributed by atoms with Crippen LogP contribution in [-0.4, -0.2) is 9.97 Å². The van der Waals surface area contributed by atoms with Crippen molar-refractivity contribution in [2.45, 2.75) is 0 Å². The van der Waals surface area contributed by atoms with Crippen molar-refractivity contribution in [2.75, 3.05) is 0 Å². The minimum Gasteiger partial charge on any atom is -0.456 e. The van der Waals surface area contributed by atoms with E-state index < -0.39 is 0 Å². The van der Waals surface area contributed by atoms with Crippen molar-refractivity contribution in [3.8, 4) is 28.6 Å². The molecule has 3 aromatic heterocycles. The number of nitriles is 1. The van der Waals surface area contributed by atoms with Gasteiger partial charge in [0.2, 0.25) is 0 Å². The van der Waals surface area contributed by atoms with Crippen LogP contribution in [0.15, 0.2) is 102 Å². The second-order valence-corrected chi connectivity index (χ2v) is 8.84. The summed E-state index contributed by atoms with van der Waals surface area (Å²) in [5, 5.41) is 15.7. The molecule has 0 fully saturated rings. The Balaban J connectivity index is 1.62. The Kier molecular flexibility index (Phi) is 4.51. The summed E-state index contributed by atoms with van der Waals surface area (Å²) in [4.78, 5) is 12.7. The van der Waals surface area contributed by atoms with Crippen LogP contribution in [-0.2, 0) is 0 Å². The van der Waals surface area contributed by atoms with Crippen LogP contribution in [0, 0.1) is 17.9 Å². The van der Waals surface area contributed by atoms with Crippen molar-refractivity contribution in [3.05, 3.63) is 114 Å². The lowest BCUT2D eigenvalue weighted by Crippen LogP contribution is -1.88. The van der Waals surface area contributed by atoms with E-state index in [1.807, 2.05) is 42.5 Å². The van der Waals surface area contributed by atoms with Gasteiger partial charge in [-0.05, 0) is 57.9 Å². The minimum atomic E-state index is 0.543. The molecule has 0 spiro atoms. The molecule has 170 valence electrons. The van der Waals surface area contributed by atoms with Crippen LogP contribution in [0.25, 0.3) is 70.8 Å². The van der Waals surface area contributed by atoms with Gasteiger partial charge in [0.05, 0.1) is 29.6 Å². The SMILES string of the molecule is [C-]#[N+]c1ccnc(-c2cc3oc4cc(-c5cc(C#N)ccn5)c5ccccc5c4c3c3ccccc23)c1. The molecule has 3 heterocycles. The first-order valence-electron chi connectivity index (χ1n) is 11.8. The first-order valence-corrected chi connectivity index (χ1v) is 11.8. The molecular weight excluding hydrogens is 456 g/mol. The average Bonchev–Trinajstić information content (AvgIpc) is 3.35. The molecule has 5 nitrogen and oxygen atoms in total. The number of furan rings is 1. The van der Waals surface area contributed by atoms with Crippen molar-refractivity contribution in [1.29, 1.82) is 5.26 Å². The van der Waals surface area contributed by atoms with Crippen molar-refractivity contribution in [2.24, 2.45) is 0 Å². The van der Waals surface area contributed by atoms with Crippen molar-refractivity contribution in [3.63, 3.8) is 0 Å². The van der Waals surface area contributed by atoms with Crippen LogP contribution in [0.4, 0.5) is 5.69 Å². The highest BCUT2D eigenvalue weighted by Gasteiger charge is 2.19. The topological polar surface area (TPSA) is 67.1 Å². The van der Waals surface area contributed by atoms with E-state index in [1.165, 1.54) is 0 Å². The van der Waals surface area contributed by atoms with Crippen LogP contribution >= 0.6 is 0 Å². The van der Waals surface area contributed by atoms with E-state index in [2.05, 4.69) is 45.1 Å². The zero-order valence-corrected chi connectivity index (χ0v) is 19.4. The van der Waals surface area contributed by atoms with E-state index in [0.29, 0.717) is 11.3 Å². The molecule has 0 saturated carbocycles. The van der Waals surface area contributed by atoms with E-state index in [1.54, 1.807) is 30.6 Å². The molecule has 4 aromatic carbocycles. The smallest absolute Gasteiger partial charge is 0.190 e. The molecule has 5 heteroatoms. The van der Waals surface area contributed by atoms with E-state index >= 15 is 0 Å². The van der Waals surface area contributed by atoms with Gasteiger partial charge in [-0.15, -0.1) is 0 Å². The summed E-state index contributed by atoms with van der Waals surface area (Å²) in [7, 11) is 0. The first-order chi connectivity index (χ1) is 18.2. The van der Waals surface area contributed by atoms with Gasteiger partial charge in [0.25, 0.3) is 0 Å². The lowest BCUT2D eigenvalue weighted by Gasteiger charge is -2.10. The number of pyridine rings is 2. The van der Waals surface area contributed by atoms with Crippen LogP contribution in [0.1, 0.15) is 5.56 Å². The van der Waals surface area contributed by atoms with E-state index in [-0.39, 0.29) is 0 Å². The number of nitrogens with zero attached hydrogens (tertiary/aromatic N) is 4. The Morgan fingerprint density at radius 3 is 1.78 bits per heavy atom. The summed E-state index contributed by atoms with van der Waals surface area (Å²) in [6, 6.07) is 29.8. The third kappa shape index (κ3) is 3.16. The van der Waals surface area contributed by atoms with Gasteiger partial charge >= 0.3 is 0 Å². The predicted molar refractivity (Wildman–Crippen MR) is 146 cm³/mol. The number of hydrogen-bond acceptors (Lipinski definition) is 4. The van der Waals surface area contributed by atoms with Crippen molar-refractivity contribution >= 4 is 49.2 Å². The average molecular weight is 473 g/mol. The Labute approximate surface area is 211 Å². The van der Waals surface area contributed by atoms with Gasteiger partial charge in [-0.2, -0.15) is 5.26 Å². The van der Waals surface area contributed by atoms with Gasteiger partial charge in [0, 0.05) is 34.3 Å². The second kappa shape index (κ2) is 8.02. The third-order valence-electron chi connectivity index (χ3n) is 6.80. The summed E-state index contributed by atoms with van der Waals surface area (Å²) in [6.45, 7) is 7.42. The molecule has 0 aliphatic rings. The molecule has 0 unspecified atom stereocenters. The van der Waals surface area contributed by atoms with Crippen LogP contribution < -0.4 is 0 Å². The molecule has 0 aliphatic carbocycles. The summed E-state index contributed by atoms with van der Waals surface area (Å²) in [5.41, 5.74) is 5.89. The molecule has 0 atom stereocenters. The number of rotatable bonds is 2. The van der Waals surface area contributed by atoms with E-state index in [0.717, 1.165) is 66.0 Å². The van der Waals surface area contributed by atoms with Crippen LogP contribution in [0.3, 0.4) is 0 Å². The highest BCUT2D eigenvalue weighted by Crippen LogP contribution is 2.44. The minimum absolute atomic E-state index is 0.543. The Morgan fingerprint density at radius 2 is 1.22 bits per heavy atom. The van der Waals surface area contributed by atoms with Crippen molar-refractivity contribution in [1.82, 2.24) is 9.97 Å². The van der Waals surface area contributed by atoms with Crippen molar-refractivity contribution < 1.29 is 4.42 Å². The zero-order valence-electron chi connectivity index (χ0n) is 19.4. The zero-order chi connectivity index (χ0) is 24.9. The normalized spacial score (nSPS) is 11.2. The monoisotopic (exact) mass is 472 g/mol. The fraction of sp³-hybridized carbons (Fsp3) is 0. The number of aromatic nitrogens is 2. The molecule has 7 aromatic rings. The van der Waals surface area contributed by atoms with E-state index in [9.17, 15) is 5.26 Å². The molecule has 0 aliphatic heterocycles. The van der Waals surface area contributed by atoms with Gasteiger partial charge < -0.3 is 4.42 Å². The Hall–Kier alpha value is -5.52. The van der Waals surface area contributed by atoms with Gasteiger partial charge in [0.1, 0.15) is 11.2 Å². The quantitative estimate of drug-likeness (QED) is 0.237. The predicted octanol–water partition coefficient (Wildman–Crippen LogP) is 8.44. The first kappa shape index (κ1) is 20.8. The lowest BCUT2D eigenvalue weighted by molar-refractivity contribution is 0.669. The lowest BCUT2D eigenvalue weighted by atomic mass is 9.93. The molecule has 37 heavy (non-hydrogen) atoms. The van der Waals surface area contributed by atoms with Crippen LogP contribution in [0.5, 0.6) is 0 Å². The maximum atomic E-state index is 9.43. The van der Waals surface area contributed by atoms with Gasteiger partial charge in [-0.25, -0.2) is 4.85 Å². The molecule has 7 rings (SSSR count). The Morgan fingerprint density at radius 1 is 0.676 bits per heavy atom. The van der Waals surface area contributed by atoms with E-state index in [4.69, 9.17) is 11.0 Å². The summed E-state index contributed by atoms with van der Waals surface area (Å²) in [6.07, 6.45) is 3.33. The largest absolute Gasteiger partial charge is 0.456 e. The van der Waals surface area contributed by atoms with Crippen LogP contribution in [0.2, 0.25) is 0 Å². The summed E-state index contributed by atoms with van der Waals surface area (Å²) >= 11 is 0. The maximum Gasteiger partial charge on any atom is 0.190 e. The van der Waals surface area contributed by atoms with Gasteiger partial charge in [0.15, 0.2) is 5.69 Å². The second-order valence-electron chi connectivity index (χ2n) is 8.84. The molecule has 0 radical (unpaired) electrons. The molecule has 0 N–H and O–H groups in total. The summed E-state index contributed by atoms with van der Waals surface area (Å²) < 4.78 is 6.53. The number of hydrogen-bond donors (Lipinski definition) is 0. The number of benzene rings is 4. The highest BCUT2D eigenvalue weighted by molar-refractivity contribution is 6.29. The van der Waals surface area contributed by atoms with Gasteiger partial charge in [-0.1, -0.05) is 48.5 Å². The third-order valence-corrected chi connectivity index (χ3v) is 6.80. The summed E-state index contributed by atoms with van der Waals surface area (Å²) in [5.74, 6) is 0. The fourth-order valence-corrected chi connectivity index (χ4v) is 5.20. The van der Waals surface area contributed by atoms with Gasteiger partial charge in [-0.3, -0.25) is 9.97 Å². The molecule has 0 saturated heterocycles. The molecule has 0 bridgehead atoms. The number of fused-ring (bicyclic) bond motifs is 7. The Bertz CT molecular complexity index is 1970. The molecular formula is C32H16N4O. The molecule has 0 amide bonds.